The molecule has 0 aliphatic heterocycles. The lowest BCUT2D eigenvalue weighted by atomic mass is 10.1. The van der Waals surface area contributed by atoms with Gasteiger partial charge < -0.3 is 0 Å². The Kier molecular flexibility index (Phi) is 2.27. The van der Waals surface area contributed by atoms with Crippen molar-refractivity contribution in [3.63, 3.8) is 0 Å². The van der Waals surface area contributed by atoms with E-state index in [2.05, 4.69) is 12.6 Å². The van der Waals surface area contributed by atoms with Crippen molar-refractivity contribution in [3.05, 3.63) is 9.94 Å². The van der Waals surface area contributed by atoms with Crippen molar-refractivity contribution in [1.29, 1.82) is 0 Å². The highest BCUT2D eigenvalue weighted by Gasteiger charge is 2.05. The SMILES string of the molecule is SC1=C(Cl)CCCC1. The van der Waals surface area contributed by atoms with Crippen molar-refractivity contribution in [2.45, 2.75) is 25.7 Å². The molecule has 0 saturated heterocycles. The summed E-state index contributed by atoms with van der Waals surface area (Å²) in [6.45, 7) is 0. The second-order valence-electron chi connectivity index (χ2n) is 2.06. The van der Waals surface area contributed by atoms with E-state index < -0.39 is 0 Å². The van der Waals surface area contributed by atoms with Gasteiger partial charge in [0.1, 0.15) is 0 Å². The molecule has 0 fully saturated rings. The molecule has 0 aromatic carbocycles. The van der Waals surface area contributed by atoms with E-state index in [0.717, 1.165) is 22.8 Å². The molecule has 0 N–H and O–H groups in total. The normalized spacial score (nSPS) is 21.8. The van der Waals surface area contributed by atoms with E-state index in [1.54, 1.807) is 0 Å². The van der Waals surface area contributed by atoms with Crippen molar-refractivity contribution >= 4 is 24.2 Å². The van der Waals surface area contributed by atoms with Gasteiger partial charge in [-0.15, -0.1) is 12.6 Å². The summed E-state index contributed by atoms with van der Waals surface area (Å²) in [7, 11) is 0. The third-order valence-corrected chi connectivity index (χ3v) is 2.42. The highest BCUT2D eigenvalue weighted by atomic mass is 35.5. The molecule has 0 aromatic heterocycles. The first-order valence-corrected chi connectivity index (χ1v) is 3.69. The van der Waals surface area contributed by atoms with Crippen LogP contribution in [-0.2, 0) is 0 Å². The Hall–Kier alpha value is 0.380. The van der Waals surface area contributed by atoms with Crippen molar-refractivity contribution < 1.29 is 0 Å². The smallest absolute Gasteiger partial charge is 0.0273 e. The second kappa shape index (κ2) is 2.79. The Bertz CT molecular complexity index is 104. The fraction of sp³-hybridized carbons (Fsp3) is 0.667. The van der Waals surface area contributed by atoms with Crippen LogP contribution in [0.1, 0.15) is 25.7 Å². The van der Waals surface area contributed by atoms with E-state index in [1.807, 2.05) is 0 Å². The van der Waals surface area contributed by atoms with Crippen LogP contribution in [0, 0.1) is 0 Å². The molecule has 0 unspecified atom stereocenters. The van der Waals surface area contributed by atoms with Crippen LogP contribution >= 0.6 is 24.2 Å². The molecule has 0 spiro atoms. The van der Waals surface area contributed by atoms with Gasteiger partial charge >= 0.3 is 0 Å². The highest BCUT2D eigenvalue weighted by Crippen LogP contribution is 2.28. The molecule has 0 radical (unpaired) electrons. The van der Waals surface area contributed by atoms with Crippen LogP contribution in [0.3, 0.4) is 0 Å². The minimum Gasteiger partial charge on any atom is -0.147 e. The van der Waals surface area contributed by atoms with Crippen LogP contribution in [0.4, 0.5) is 0 Å². The average Bonchev–Trinajstić information content (AvgIpc) is 1.77. The zero-order chi connectivity index (χ0) is 5.98. The summed E-state index contributed by atoms with van der Waals surface area (Å²) in [6.07, 6.45) is 4.63. The van der Waals surface area contributed by atoms with Gasteiger partial charge in [0.15, 0.2) is 0 Å². The first kappa shape index (κ1) is 6.50. The third-order valence-electron chi connectivity index (χ3n) is 1.37. The van der Waals surface area contributed by atoms with Gasteiger partial charge in [-0.3, -0.25) is 0 Å². The van der Waals surface area contributed by atoms with Gasteiger partial charge in [-0.2, -0.15) is 0 Å². The first-order chi connectivity index (χ1) is 3.80. The zero-order valence-corrected chi connectivity index (χ0v) is 6.30. The molecule has 8 heavy (non-hydrogen) atoms. The maximum absolute atomic E-state index is 5.77. The Morgan fingerprint density at radius 3 is 2.25 bits per heavy atom. The molecule has 2 heteroatoms. The summed E-state index contributed by atoms with van der Waals surface area (Å²) in [5.74, 6) is 0. The molecule has 0 atom stereocenters. The van der Waals surface area contributed by atoms with Crippen molar-refractivity contribution in [3.8, 4) is 0 Å². The van der Waals surface area contributed by atoms with Gasteiger partial charge in [0.2, 0.25) is 0 Å². The lowest BCUT2D eigenvalue weighted by molar-refractivity contribution is 0.715. The van der Waals surface area contributed by atoms with E-state index in [4.69, 9.17) is 11.6 Å². The highest BCUT2D eigenvalue weighted by molar-refractivity contribution is 7.84. The van der Waals surface area contributed by atoms with E-state index in [9.17, 15) is 0 Å². The van der Waals surface area contributed by atoms with Crippen molar-refractivity contribution in [1.82, 2.24) is 0 Å². The summed E-state index contributed by atoms with van der Waals surface area (Å²) in [6, 6.07) is 0. The minimum atomic E-state index is 0.972. The molecule has 0 saturated carbocycles. The monoisotopic (exact) mass is 148 g/mol. The Morgan fingerprint density at radius 1 is 1.25 bits per heavy atom. The summed E-state index contributed by atoms with van der Waals surface area (Å²) in [4.78, 5) is 1.10. The molecule has 0 bridgehead atoms. The largest absolute Gasteiger partial charge is 0.147 e. The molecular formula is C6H9ClS. The van der Waals surface area contributed by atoms with Crippen LogP contribution < -0.4 is 0 Å². The Balaban J connectivity index is 2.60. The number of allylic oxidation sites excluding steroid dienone is 2. The third kappa shape index (κ3) is 1.43. The Labute approximate surface area is 60.3 Å². The van der Waals surface area contributed by atoms with Crippen LogP contribution in [0.25, 0.3) is 0 Å². The molecule has 1 aliphatic rings. The number of hydrogen-bond acceptors (Lipinski definition) is 1. The predicted molar refractivity (Wildman–Crippen MR) is 40.3 cm³/mol. The molecule has 46 valence electrons. The second-order valence-corrected chi connectivity index (χ2v) is 3.05. The van der Waals surface area contributed by atoms with Gasteiger partial charge in [0, 0.05) is 5.03 Å². The number of thiol groups is 1. The zero-order valence-electron chi connectivity index (χ0n) is 4.65. The molecule has 1 rings (SSSR count). The Morgan fingerprint density at radius 2 is 1.88 bits per heavy atom. The number of hydrogen-bond donors (Lipinski definition) is 1. The molecule has 0 aromatic rings. The minimum absolute atomic E-state index is 0.972. The molecular weight excluding hydrogens is 140 g/mol. The number of halogens is 1. The molecule has 1 aliphatic carbocycles. The lowest BCUT2D eigenvalue weighted by Crippen LogP contribution is -1.89. The summed E-state index contributed by atoms with van der Waals surface area (Å²) in [5.41, 5.74) is 0. The first-order valence-electron chi connectivity index (χ1n) is 2.87. The van der Waals surface area contributed by atoms with Gasteiger partial charge in [-0.25, -0.2) is 0 Å². The lowest BCUT2D eigenvalue weighted by Gasteiger charge is -2.09. The van der Waals surface area contributed by atoms with E-state index in [-0.39, 0.29) is 0 Å². The van der Waals surface area contributed by atoms with Gasteiger partial charge in [-0.05, 0) is 30.6 Å². The number of rotatable bonds is 0. The van der Waals surface area contributed by atoms with E-state index in [1.165, 1.54) is 12.8 Å². The molecule has 0 nitrogen and oxygen atoms in total. The summed E-state index contributed by atoms with van der Waals surface area (Å²) in [5, 5.41) is 0.972. The quantitative estimate of drug-likeness (QED) is 0.502. The van der Waals surface area contributed by atoms with Crippen LogP contribution in [0.2, 0.25) is 0 Å². The van der Waals surface area contributed by atoms with Crippen molar-refractivity contribution in [2.24, 2.45) is 0 Å². The molecule has 0 amide bonds. The maximum atomic E-state index is 5.77. The topological polar surface area (TPSA) is 0 Å². The average molecular weight is 149 g/mol. The van der Waals surface area contributed by atoms with Gasteiger partial charge in [0.25, 0.3) is 0 Å². The summed E-state index contributed by atoms with van der Waals surface area (Å²) < 4.78 is 0. The standard InChI is InChI=1S/C6H9ClS/c7-5-3-1-2-4-6(5)8/h8H,1-4H2. The maximum Gasteiger partial charge on any atom is 0.0273 e. The summed E-state index contributed by atoms with van der Waals surface area (Å²) >= 11 is 9.97. The fourth-order valence-electron chi connectivity index (χ4n) is 0.853. The van der Waals surface area contributed by atoms with Gasteiger partial charge in [0.05, 0.1) is 0 Å². The fourth-order valence-corrected chi connectivity index (χ4v) is 1.35. The predicted octanol–water partition coefficient (Wildman–Crippen LogP) is 2.94. The van der Waals surface area contributed by atoms with Crippen LogP contribution in [-0.4, -0.2) is 0 Å². The van der Waals surface area contributed by atoms with Crippen LogP contribution in [0.5, 0.6) is 0 Å². The van der Waals surface area contributed by atoms with Crippen LogP contribution in [0.15, 0.2) is 9.94 Å². The van der Waals surface area contributed by atoms with Gasteiger partial charge in [-0.1, -0.05) is 11.6 Å². The van der Waals surface area contributed by atoms with Crippen molar-refractivity contribution in [2.75, 3.05) is 0 Å². The molecule has 0 heterocycles. The van der Waals surface area contributed by atoms with E-state index in [0.29, 0.717) is 0 Å². The van der Waals surface area contributed by atoms with E-state index >= 15 is 0 Å².